The third-order valence-corrected chi connectivity index (χ3v) is 9.17. The molecule has 0 spiro atoms. The number of carbonyl (C=O) groups excluding carboxylic acids is 1. The molecule has 0 fully saturated rings. The van der Waals surface area contributed by atoms with Crippen molar-refractivity contribution in [2.45, 2.75) is 40.5 Å². The van der Waals surface area contributed by atoms with Gasteiger partial charge in [0.15, 0.2) is 23.9 Å². The second-order valence-electron chi connectivity index (χ2n) is 11.4. The Kier molecular flexibility index (Phi) is 10.9. The molecule has 0 aliphatic carbocycles. The van der Waals surface area contributed by atoms with Crippen LogP contribution in [-0.2, 0) is 4.79 Å². The van der Waals surface area contributed by atoms with Crippen LogP contribution in [0.2, 0.25) is 5.02 Å². The Hall–Kier alpha value is -4.67. The Morgan fingerprint density at radius 1 is 1.04 bits per heavy atom. The molecule has 248 valence electrons. The molecule has 0 aliphatic heterocycles. The molecule has 11 heteroatoms. The first-order valence-electron chi connectivity index (χ1n) is 15.4. The lowest BCUT2D eigenvalue weighted by molar-refractivity contribution is -0.118. The molecule has 0 radical (unpaired) electrons. The van der Waals surface area contributed by atoms with Crippen LogP contribution in [0.3, 0.4) is 0 Å². The van der Waals surface area contributed by atoms with Crippen molar-refractivity contribution >= 4 is 56.2 Å². The van der Waals surface area contributed by atoms with Crippen LogP contribution < -0.4 is 25.1 Å². The minimum absolute atomic E-state index is 0.162. The van der Waals surface area contributed by atoms with Crippen LogP contribution >= 0.6 is 27.5 Å². The minimum Gasteiger partial charge on any atom is -0.494 e. The molecule has 0 saturated carbocycles. The molecule has 1 amide bonds. The molecule has 0 unspecified atom stereocenters. The topological polar surface area (TPSA) is 104 Å². The summed E-state index contributed by atoms with van der Waals surface area (Å²) in [5, 5.41) is 8.08. The van der Waals surface area contributed by atoms with Gasteiger partial charge in [0.05, 0.1) is 30.8 Å². The molecule has 1 aromatic heterocycles. The van der Waals surface area contributed by atoms with Gasteiger partial charge in [-0.2, -0.15) is 9.78 Å². The standard InChI is InChI=1S/C37H36BrClN4O5/c1-7-47-30-16-23(5)27(18-26(30)21(2)3)36-42-29-15-11-9-13-25(29)37(45)43(36)40-19-24-17-31(46-6)35(34(39)33(24)38)48-20-32(44)41-28-14-10-8-12-22(28)4/h8-19,21H,7,20H2,1-6H3,(H,41,44). The first-order valence-corrected chi connectivity index (χ1v) is 16.6. The number of halogens is 2. The van der Waals surface area contributed by atoms with E-state index in [0.29, 0.717) is 39.1 Å². The van der Waals surface area contributed by atoms with Gasteiger partial charge in [-0.25, -0.2) is 4.98 Å². The molecule has 1 N–H and O–H groups in total. The van der Waals surface area contributed by atoms with Gasteiger partial charge in [0.2, 0.25) is 0 Å². The average molecular weight is 732 g/mol. The lowest BCUT2D eigenvalue weighted by atomic mass is 9.96. The summed E-state index contributed by atoms with van der Waals surface area (Å²) >= 11 is 10.3. The summed E-state index contributed by atoms with van der Waals surface area (Å²) in [7, 11) is 1.47. The van der Waals surface area contributed by atoms with E-state index in [2.05, 4.69) is 40.2 Å². The van der Waals surface area contributed by atoms with Crippen molar-refractivity contribution < 1.29 is 19.0 Å². The van der Waals surface area contributed by atoms with Crippen molar-refractivity contribution in [3.8, 4) is 28.6 Å². The number of hydrogen-bond acceptors (Lipinski definition) is 7. The third kappa shape index (κ3) is 7.24. The zero-order valence-corrected chi connectivity index (χ0v) is 29.9. The minimum atomic E-state index is -0.356. The second kappa shape index (κ2) is 15.0. The SMILES string of the molecule is CCOc1cc(C)c(-c2nc3ccccc3c(=O)n2N=Cc2cc(OC)c(OCC(=O)Nc3ccccc3C)c(Cl)c2Br)cc1C(C)C. The number of hydrogen-bond donors (Lipinski definition) is 1. The van der Waals surface area contributed by atoms with Gasteiger partial charge in [0.25, 0.3) is 11.5 Å². The van der Waals surface area contributed by atoms with Crippen molar-refractivity contribution in [1.29, 1.82) is 0 Å². The van der Waals surface area contributed by atoms with Gasteiger partial charge < -0.3 is 19.5 Å². The Morgan fingerprint density at radius 2 is 1.77 bits per heavy atom. The van der Waals surface area contributed by atoms with E-state index in [-0.39, 0.29) is 40.5 Å². The number of benzene rings is 4. The van der Waals surface area contributed by atoms with Crippen LogP contribution in [0.1, 0.15) is 48.9 Å². The van der Waals surface area contributed by atoms with E-state index < -0.39 is 0 Å². The maximum Gasteiger partial charge on any atom is 0.282 e. The Morgan fingerprint density at radius 3 is 2.48 bits per heavy atom. The van der Waals surface area contributed by atoms with E-state index in [0.717, 1.165) is 28.0 Å². The zero-order chi connectivity index (χ0) is 34.5. The van der Waals surface area contributed by atoms with Gasteiger partial charge in [-0.05, 0) is 95.7 Å². The monoisotopic (exact) mass is 730 g/mol. The Labute approximate surface area is 292 Å². The fourth-order valence-corrected chi connectivity index (χ4v) is 5.87. The average Bonchev–Trinajstić information content (AvgIpc) is 3.06. The Balaban J connectivity index is 1.55. The number of rotatable bonds is 11. The molecule has 0 bridgehead atoms. The second-order valence-corrected chi connectivity index (χ2v) is 12.6. The number of aryl methyl sites for hydroxylation is 2. The number of aromatic nitrogens is 2. The fraction of sp³-hybridized carbons (Fsp3) is 0.243. The van der Waals surface area contributed by atoms with Crippen molar-refractivity contribution in [1.82, 2.24) is 9.66 Å². The summed E-state index contributed by atoms with van der Waals surface area (Å²) in [6.07, 6.45) is 1.50. The largest absolute Gasteiger partial charge is 0.494 e. The fourth-order valence-electron chi connectivity index (χ4n) is 5.22. The predicted octanol–water partition coefficient (Wildman–Crippen LogP) is 8.53. The van der Waals surface area contributed by atoms with Crippen LogP contribution in [0.15, 0.2) is 81.1 Å². The van der Waals surface area contributed by atoms with Gasteiger partial charge in [-0.1, -0.05) is 55.8 Å². The van der Waals surface area contributed by atoms with Crippen LogP contribution in [0.25, 0.3) is 22.3 Å². The quantitative estimate of drug-likeness (QED) is 0.137. The molecule has 48 heavy (non-hydrogen) atoms. The molecule has 0 aliphatic rings. The highest BCUT2D eigenvalue weighted by Gasteiger charge is 2.21. The number of methoxy groups -OCH3 is 1. The van der Waals surface area contributed by atoms with Crippen LogP contribution in [0.5, 0.6) is 17.2 Å². The van der Waals surface area contributed by atoms with Gasteiger partial charge >= 0.3 is 0 Å². The number of fused-ring (bicyclic) bond motifs is 1. The highest BCUT2D eigenvalue weighted by Crippen LogP contribution is 2.42. The molecular formula is C37H36BrClN4O5. The number of anilines is 1. The van der Waals surface area contributed by atoms with Crippen molar-refractivity contribution in [2.75, 3.05) is 25.6 Å². The van der Waals surface area contributed by atoms with E-state index in [9.17, 15) is 9.59 Å². The maximum absolute atomic E-state index is 13.9. The molecule has 5 rings (SSSR count). The van der Waals surface area contributed by atoms with Crippen LogP contribution in [-0.4, -0.2) is 42.1 Å². The summed E-state index contributed by atoms with van der Waals surface area (Å²) in [5.74, 6) is 1.44. The molecule has 9 nitrogen and oxygen atoms in total. The third-order valence-electron chi connectivity index (χ3n) is 7.73. The highest BCUT2D eigenvalue weighted by molar-refractivity contribution is 9.10. The lowest BCUT2D eigenvalue weighted by Gasteiger charge is -2.18. The number of carbonyl (C=O) groups is 1. The van der Waals surface area contributed by atoms with Gasteiger partial charge in [-0.3, -0.25) is 9.59 Å². The lowest BCUT2D eigenvalue weighted by Crippen LogP contribution is -2.21. The van der Waals surface area contributed by atoms with Crippen molar-refractivity contribution in [3.63, 3.8) is 0 Å². The molecule has 0 atom stereocenters. The summed E-state index contributed by atoms with van der Waals surface area (Å²) in [6.45, 7) is 10.2. The normalized spacial score (nSPS) is 11.4. The molecule has 4 aromatic carbocycles. The first kappa shape index (κ1) is 34.7. The molecular weight excluding hydrogens is 696 g/mol. The van der Waals surface area contributed by atoms with Crippen LogP contribution in [0, 0.1) is 13.8 Å². The number of para-hydroxylation sites is 2. The molecule has 0 saturated heterocycles. The van der Waals surface area contributed by atoms with Gasteiger partial charge in [-0.15, -0.1) is 0 Å². The van der Waals surface area contributed by atoms with E-state index in [1.165, 1.54) is 18.0 Å². The Bertz CT molecular complexity index is 2090. The van der Waals surface area contributed by atoms with E-state index >= 15 is 0 Å². The number of nitrogens with zero attached hydrogens (tertiary/aromatic N) is 3. The maximum atomic E-state index is 13.9. The van der Waals surface area contributed by atoms with E-state index in [1.807, 2.05) is 69.3 Å². The summed E-state index contributed by atoms with van der Waals surface area (Å²) in [5.41, 5.74) is 4.98. The highest BCUT2D eigenvalue weighted by atomic mass is 79.9. The van der Waals surface area contributed by atoms with Crippen molar-refractivity contribution in [3.05, 3.63) is 109 Å². The zero-order valence-electron chi connectivity index (χ0n) is 27.6. The number of nitrogens with one attached hydrogen (secondary N) is 1. The van der Waals surface area contributed by atoms with E-state index in [4.69, 9.17) is 30.8 Å². The van der Waals surface area contributed by atoms with E-state index in [1.54, 1.807) is 18.2 Å². The summed E-state index contributed by atoms with van der Waals surface area (Å²) in [6, 6.07) is 20.3. The van der Waals surface area contributed by atoms with Crippen LogP contribution in [0.4, 0.5) is 5.69 Å². The van der Waals surface area contributed by atoms with Crippen molar-refractivity contribution in [2.24, 2.45) is 5.10 Å². The molecule has 1 heterocycles. The molecule has 5 aromatic rings. The predicted molar refractivity (Wildman–Crippen MR) is 195 cm³/mol. The number of ether oxygens (including phenoxy) is 3. The summed E-state index contributed by atoms with van der Waals surface area (Å²) in [4.78, 5) is 31.5. The van der Waals surface area contributed by atoms with Gasteiger partial charge in [0.1, 0.15) is 10.8 Å². The smallest absolute Gasteiger partial charge is 0.282 e. The number of amides is 1. The first-order chi connectivity index (χ1) is 23.0. The van der Waals surface area contributed by atoms with Gasteiger partial charge in [0, 0.05) is 21.3 Å². The summed E-state index contributed by atoms with van der Waals surface area (Å²) < 4.78 is 19.1.